The van der Waals surface area contributed by atoms with E-state index in [1.807, 2.05) is 45.0 Å². The predicted octanol–water partition coefficient (Wildman–Crippen LogP) is 5.90. The number of nitrogens with one attached hydrogen (secondary N) is 2. The largest absolute Gasteiger partial charge is 0.459 e. The van der Waals surface area contributed by atoms with Crippen molar-refractivity contribution in [1.29, 1.82) is 0 Å². The van der Waals surface area contributed by atoms with Crippen LogP contribution < -0.4 is 10.2 Å². The number of nitrogens with zero attached hydrogens (tertiary/aromatic N) is 3. The van der Waals surface area contributed by atoms with Gasteiger partial charge in [0.2, 0.25) is 5.91 Å². The molecule has 1 amide bonds. The highest BCUT2D eigenvalue weighted by atomic mass is 16.5. The van der Waals surface area contributed by atoms with Crippen LogP contribution in [-0.2, 0) is 16.0 Å². The van der Waals surface area contributed by atoms with Gasteiger partial charge in [-0.15, -0.1) is 0 Å². The standard InChI is InChI=1S/C33H37N5O3/c1-6-22-8-9-24(19-28(22)35-29(39)7-2)30-27-18-25(33(40)41-21(3)4)20-34-32(27)36-31(30)23-10-12-26(13-11-23)38-16-14-37(5)15-17-38/h7-13,18-21H,2,6,14-17H2,1,3-5H3,(H,34,36)(H,35,39). The van der Waals surface area contributed by atoms with Crippen LogP contribution in [0.1, 0.15) is 36.7 Å². The minimum absolute atomic E-state index is 0.240. The smallest absolute Gasteiger partial charge is 0.339 e. The fourth-order valence-corrected chi connectivity index (χ4v) is 5.22. The van der Waals surface area contributed by atoms with E-state index in [1.54, 1.807) is 6.20 Å². The monoisotopic (exact) mass is 551 g/mol. The van der Waals surface area contributed by atoms with Crippen molar-refractivity contribution in [2.75, 3.05) is 43.4 Å². The first-order chi connectivity index (χ1) is 19.8. The predicted molar refractivity (Wildman–Crippen MR) is 165 cm³/mol. The van der Waals surface area contributed by atoms with Crippen LogP contribution in [0.3, 0.4) is 0 Å². The van der Waals surface area contributed by atoms with Gasteiger partial charge in [-0.25, -0.2) is 9.78 Å². The first-order valence-corrected chi connectivity index (χ1v) is 14.1. The number of piperazine rings is 1. The summed E-state index contributed by atoms with van der Waals surface area (Å²) < 4.78 is 5.45. The van der Waals surface area contributed by atoms with Crippen LogP contribution in [0.25, 0.3) is 33.4 Å². The minimum Gasteiger partial charge on any atom is -0.459 e. The molecule has 0 bridgehead atoms. The number of carbonyl (C=O) groups is 2. The average Bonchev–Trinajstić information content (AvgIpc) is 3.36. The van der Waals surface area contributed by atoms with E-state index in [4.69, 9.17) is 4.74 Å². The number of aryl methyl sites for hydroxylation is 1. The third kappa shape index (κ3) is 6.02. The second-order valence-corrected chi connectivity index (χ2v) is 10.7. The number of ether oxygens (including phenoxy) is 1. The van der Waals surface area contributed by atoms with E-state index in [0.717, 1.165) is 71.6 Å². The fraction of sp³-hybridized carbons (Fsp3) is 0.303. The summed E-state index contributed by atoms with van der Waals surface area (Å²) in [5.41, 5.74) is 7.65. The van der Waals surface area contributed by atoms with E-state index in [-0.39, 0.29) is 12.0 Å². The second kappa shape index (κ2) is 12.0. The van der Waals surface area contributed by atoms with E-state index in [9.17, 15) is 9.59 Å². The van der Waals surface area contributed by atoms with Crippen LogP contribution in [0.5, 0.6) is 0 Å². The van der Waals surface area contributed by atoms with E-state index in [2.05, 4.69) is 63.0 Å². The number of hydrogen-bond donors (Lipinski definition) is 2. The summed E-state index contributed by atoms with van der Waals surface area (Å²) in [6.07, 6.45) is 3.33. The number of hydrogen-bond acceptors (Lipinski definition) is 6. The van der Waals surface area contributed by atoms with Crippen LogP contribution in [-0.4, -0.2) is 66.1 Å². The highest BCUT2D eigenvalue weighted by Crippen LogP contribution is 2.40. The second-order valence-electron chi connectivity index (χ2n) is 10.7. The first-order valence-electron chi connectivity index (χ1n) is 14.1. The molecule has 2 aromatic heterocycles. The summed E-state index contributed by atoms with van der Waals surface area (Å²) in [6.45, 7) is 13.4. The lowest BCUT2D eigenvalue weighted by atomic mass is 9.96. The van der Waals surface area contributed by atoms with Crippen LogP contribution in [0.4, 0.5) is 11.4 Å². The Bertz CT molecular complexity index is 1580. The number of benzene rings is 2. The van der Waals surface area contributed by atoms with Crippen molar-refractivity contribution in [3.05, 3.63) is 78.5 Å². The number of aromatic amines is 1. The molecule has 0 aliphatic carbocycles. The van der Waals surface area contributed by atoms with Crippen molar-refractivity contribution in [3.63, 3.8) is 0 Å². The Morgan fingerprint density at radius 1 is 1.07 bits per heavy atom. The van der Waals surface area contributed by atoms with Gasteiger partial charge in [0.25, 0.3) is 0 Å². The fourth-order valence-electron chi connectivity index (χ4n) is 5.22. The highest BCUT2D eigenvalue weighted by Gasteiger charge is 2.21. The molecule has 2 N–H and O–H groups in total. The number of likely N-dealkylation sites (N-methyl/N-ethyl adjacent to an activating group) is 1. The molecule has 5 rings (SSSR count). The topological polar surface area (TPSA) is 90.6 Å². The third-order valence-electron chi connectivity index (χ3n) is 7.48. The molecule has 3 heterocycles. The average molecular weight is 552 g/mol. The van der Waals surface area contributed by atoms with E-state index in [1.165, 1.54) is 11.8 Å². The maximum absolute atomic E-state index is 12.8. The molecule has 212 valence electrons. The van der Waals surface area contributed by atoms with Gasteiger partial charge in [-0.05, 0) is 74.3 Å². The zero-order valence-electron chi connectivity index (χ0n) is 24.2. The molecular weight excluding hydrogens is 514 g/mol. The van der Waals surface area contributed by atoms with Gasteiger partial charge in [0.15, 0.2) is 0 Å². The van der Waals surface area contributed by atoms with Crippen LogP contribution in [0.2, 0.25) is 0 Å². The quantitative estimate of drug-likeness (QED) is 0.209. The Morgan fingerprint density at radius 2 is 1.78 bits per heavy atom. The maximum atomic E-state index is 12.8. The van der Waals surface area contributed by atoms with E-state index in [0.29, 0.717) is 11.2 Å². The van der Waals surface area contributed by atoms with Gasteiger partial charge in [0.05, 0.1) is 17.4 Å². The summed E-state index contributed by atoms with van der Waals surface area (Å²) in [7, 11) is 2.15. The number of rotatable bonds is 8. The van der Waals surface area contributed by atoms with Gasteiger partial charge < -0.3 is 24.8 Å². The molecule has 8 nitrogen and oxygen atoms in total. The summed E-state index contributed by atoms with van der Waals surface area (Å²) in [5, 5.41) is 3.75. The number of aromatic nitrogens is 2. The number of amides is 1. The molecule has 1 aliphatic rings. The molecule has 0 radical (unpaired) electrons. The molecule has 8 heteroatoms. The number of H-pyrrole nitrogens is 1. The highest BCUT2D eigenvalue weighted by molar-refractivity contribution is 6.06. The summed E-state index contributed by atoms with van der Waals surface area (Å²) >= 11 is 0. The SMILES string of the molecule is C=CC(=O)Nc1cc(-c2c(-c3ccc(N4CCN(C)CC4)cc3)[nH]c3ncc(C(=O)OC(C)C)cc23)ccc1CC. The number of fused-ring (bicyclic) bond motifs is 1. The number of esters is 1. The number of anilines is 2. The van der Waals surface area contributed by atoms with E-state index < -0.39 is 5.97 Å². The minimum atomic E-state index is -0.417. The lowest BCUT2D eigenvalue weighted by Crippen LogP contribution is -2.44. The lowest BCUT2D eigenvalue weighted by Gasteiger charge is -2.34. The first kappa shape index (κ1) is 28.1. The zero-order valence-corrected chi connectivity index (χ0v) is 24.2. The van der Waals surface area contributed by atoms with Gasteiger partial charge in [0, 0.05) is 54.7 Å². The van der Waals surface area contributed by atoms with Crippen molar-refractivity contribution >= 4 is 34.3 Å². The maximum Gasteiger partial charge on any atom is 0.339 e. The van der Waals surface area contributed by atoms with Crippen molar-refractivity contribution in [1.82, 2.24) is 14.9 Å². The summed E-state index contributed by atoms with van der Waals surface area (Å²) in [5.74, 6) is -0.684. The molecule has 0 atom stereocenters. The molecule has 1 saturated heterocycles. The van der Waals surface area contributed by atoms with Crippen molar-refractivity contribution in [2.45, 2.75) is 33.3 Å². The van der Waals surface area contributed by atoms with Crippen molar-refractivity contribution < 1.29 is 14.3 Å². The molecule has 4 aromatic rings. The normalized spacial score (nSPS) is 13.9. The van der Waals surface area contributed by atoms with Crippen molar-refractivity contribution in [3.8, 4) is 22.4 Å². The van der Waals surface area contributed by atoms with Crippen LogP contribution >= 0.6 is 0 Å². The molecule has 41 heavy (non-hydrogen) atoms. The molecule has 0 saturated carbocycles. The van der Waals surface area contributed by atoms with Gasteiger partial charge in [-0.2, -0.15) is 0 Å². The molecule has 2 aromatic carbocycles. The van der Waals surface area contributed by atoms with Gasteiger partial charge in [-0.3, -0.25) is 4.79 Å². The van der Waals surface area contributed by atoms with Gasteiger partial charge in [-0.1, -0.05) is 37.8 Å². The van der Waals surface area contributed by atoms with Crippen LogP contribution in [0.15, 0.2) is 67.4 Å². The Kier molecular flexibility index (Phi) is 8.21. The molecule has 1 fully saturated rings. The van der Waals surface area contributed by atoms with Gasteiger partial charge in [0.1, 0.15) is 5.65 Å². The summed E-state index contributed by atoms with van der Waals surface area (Å²) in [4.78, 5) is 37.9. The molecular formula is C33H37N5O3. The Labute approximate surface area is 241 Å². The Balaban J connectivity index is 1.63. The lowest BCUT2D eigenvalue weighted by molar-refractivity contribution is -0.111. The third-order valence-corrected chi connectivity index (χ3v) is 7.48. The number of carbonyl (C=O) groups excluding carboxylic acids is 2. The zero-order chi connectivity index (χ0) is 29.1. The molecule has 0 spiro atoms. The summed E-state index contributed by atoms with van der Waals surface area (Å²) in [6, 6.07) is 16.4. The number of pyridine rings is 1. The van der Waals surface area contributed by atoms with Crippen LogP contribution in [0, 0.1) is 0 Å². The van der Waals surface area contributed by atoms with Crippen molar-refractivity contribution in [2.24, 2.45) is 0 Å². The molecule has 0 unspecified atom stereocenters. The van der Waals surface area contributed by atoms with E-state index >= 15 is 0 Å². The molecule has 1 aliphatic heterocycles. The van der Waals surface area contributed by atoms with Gasteiger partial charge >= 0.3 is 5.97 Å². The Morgan fingerprint density at radius 3 is 2.44 bits per heavy atom. The Hall–Kier alpha value is -4.43.